The number of nitrogens with one attached hydrogen (secondary N) is 1. The Kier molecular flexibility index (Phi) is 5.03. The predicted molar refractivity (Wildman–Crippen MR) is 69.6 cm³/mol. The fourth-order valence-corrected chi connectivity index (χ4v) is 1.52. The minimum Gasteiger partial charge on any atom is -0.481 e. The van der Waals surface area contributed by atoms with Crippen molar-refractivity contribution in [3.05, 3.63) is 29.6 Å². The number of benzene rings is 1. The molecule has 1 aromatic carbocycles. The maximum atomic E-state index is 13.4. The lowest BCUT2D eigenvalue weighted by Gasteiger charge is -2.20. The molecule has 0 spiro atoms. The van der Waals surface area contributed by atoms with Gasteiger partial charge in [-0.1, -0.05) is 13.0 Å². The van der Waals surface area contributed by atoms with E-state index in [4.69, 9.17) is 10.4 Å². The van der Waals surface area contributed by atoms with Crippen LogP contribution in [0.2, 0.25) is 0 Å². The highest BCUT2D eigenvalue weighted by Crippen LogP contribution is 2.18. The second kappa shape index (κ2) is 6.52. The number of carboxylic acid groups (broad SMARTS) is 1. The molecule has 7 heteroatoms. The third-order valence-electron chi connectivity index (χ3n) is 2.68. The summed E-state index contributed by atoms with van der Waals surface area (Å²) in [5.74, 6) is -2.48. The first kappa shape index (κ1) is 15.4. The van der Waals surface area contributed by atoms with Gasteiger partial charge in [0.1, 0.15) is 17.4 Å². The highest BCUT2D eigenvalue weighted by molar-refractivity contribution is 5.91. The van der Waals surface area contributed by atoms with Crippen LogP contribution in [-0.4, -0.2) is 35.6 Å². The lowest BCUT2D eigenvalue weighted by Crippen LogP contribution is -2.36. The molecule has 1 atom stereocenters. The molecule has 0 fully saturated rings. The summed E-state index contributed by atoms with van der Waals surface area (Å²) in [4.78, 5) is 23.7. The third kappa shape index (κ3) is 3.68. The van der Waals surface area contributed by atoms with Crippen molar-refractivity contribution in [1.29, 1.82) is 5.26 Å². The summed E-state index contributed by atoms with van der Waals surface area (Å²) in [6.07, 6.45) is 0. The van der Waals surface area contributed by atoms with Crippen LogP contribution in [0.4, 0.5) is 14.9 Å². The Morgan fingerprint density at radius 1 is 1.55 bits per heavy atom. The quantitative estimate of drug-likeness (QED) is 0.880. The molecule has 1 unspecified atom stereocenters. The average molecular weight is 279 g/mol. The number of nitriles is 1. The van der Waals surface area contributed by atoms with Crippen LogP contribution in [0, 0.1) is 23.1 Å². The molecule has 0 radical (unpaired) electrons. The molecule has 0 aliphatic heterocycles. The lowest BCUT2D eigenvalue weighted by molar-refractivity contribution is -0.141. The smallest absolute Gasteiger partial charge is 0.321 e. The molecule has 1 rings (SSSR count). The fourth-order valence-electron chi connectivity index (χ4n) is 1.52. The zero-order valence-electron chi connectivity index (χ0n) is 11.1. The maximum absolute atomic E-state index is 13.4. The van der Waals surface area contributed by atoms with Crippen LogP contribution in [0.3, 0.4) is 0 Å². The van der Waals surface area contributed by atoms with Crippen molar-refractivity contribution in [3.63, 3.8) is 0 Å². The van der Waals surface area contributed by atoms with Gasteiger partial charge in [-0.15, -0.1) is 0 Å². The minimum atomic E-state index is -1.02. The molecular formula is C13H14FN3O3. The number of urea groups is 1. The Balaban J connectivity index is 2.79. The number of anilines is 1. The molecule has 0 aromatic heterocycles. The molecule has 1 aromatic rings. The van der Waals surface area contributed by atoms with E-state index in [0.717, 1.165) is 11.0 Å². The topological polar surface area (TPSA) is 93.4 Å². The first-order chi connectivity index (χ1) is 9.36. The van der Waals surface area contributed by atoms with Crippen LogP contribution in [0.5, 0.6) is 0 Å². The van der Waals surface area contributed by atoms with E-state index in [1.165, 1.54) is 26.1 Å². The Hall–Kier alpha value is -2.62. The molecule has 2 amide bonds. The number of nitrogens with zero attached hydrogens (tertiary/aromatic N) is 2. The number of rotatable bonds is 4. The van der Waals surface area contributed by atoms with E-state index >= 15 is 0 Å². The molecule has 0 aliphatic rings. The molecule has 20 heavy (non-hydrogen) atoms. The summed E-state index contributed by atoms with van der Waals surface area (Å²) in [5, 5.41) is 20.0. The first-order valence-corrected chi connectivity index (χ1v) is 5.80. The summed E-state index contributed by atoms with van der Waals surface area (Å²) in [5.41, 5.74) is -0.215. The number of halogens is 1. The van der Waals surface area contributed by atoms with Gasteiger partial charge in [-0.25, -0.2) is 9.18 Å². The average Bonchev–Trinajstić information content (AvgIpc) is 2.38. The van der Waals surface area contributed by atoms with Crippen molar-refractivity contribution in [2.24, 2.45) is 5.92 Å². The lowest BCUT2D eigenvalue weighted by atomic mass is 10.1. The van der Waals surface area contributed by atoms with Crippen molar-refractivity contribution < 1.29 is 19.1 Å². The van der Waals surface area contributed by atoms with E-state index in [-0.39, 0.29) is 17.8 Å². The number of amides is 2. The van der Waals surface area contributed by atoms with Gasteiger partial charge in [-0.2, -0.15) is 5.26 Å². The summed E-state index contributed by atoms with van der Waals surface area (Å²) in [6, 6.07) is 4.93. The second-order valence-electron chi connectivity index (χ2n) is 4.32. The molecule has 0 bridgehead atoms. The zero-order chi connectivity index (χ0) is 15.3. The van der Waals surface area contributed by atoms with E-state index in [1.54, 1.807) is 6.07 Å². The van der Waals surface area contributed by atoms with E-state index < -0.39 is 23.7 Å². The summed E-state index contributed by atoms with van der Waals surface area (Å²) >= 11 is 0. The van der Waals surface area contributed by atoms with Crippen molar-refractivity contribution >= 4 is 17.7 Å². The number of carboxylic acids is 1. The van der Waals surface area contributed by atoms with Crippen LogP contribution >= 0.6 is 0 Å². The van der Waals surface area contributed by atoms with E-state index in [1.807, 2.05) is 0 Å². The highest BCUT2D eigenvalue weighted by atomic mass is 19.1. The zero-order valence-corrected chi connectivity index (χ0v) is 11.1. The SMILES string of the molecule is CC(CN(C)C(=O)Nc1cccc(F)c1C#N)C(=O)O. The van der Waals surface area contributed by atoms with E-state index in [9.17, 15) is 14.0 Å². The van der Waals surface area contributed by atoms with Crippen LogP contribution in [-0.2, 0) is 4.79 Å². The Labute approximate surface area is 115 Å². The monoisotopic (exact) mass is 279 g/mol. The van der Waals surface area contributed by atoms with Crippen LogP contribution in [0.15, 0.2) is 18.2 Å². The van der Waals surface area contributed by atoms with Crippen LogP contribution in [0.1, 0.15) is 12.5 Å². The largest absolute Gasteiger partial charge is 0.481 e. The second-order valence-corrected chi connectivity index (χ2v) is 4.32. The van der Waals surface area contributed by atoms with Gasteiger partial charge in [0, 0.05) is 13.6 Å². The van der Waals surface area contributed by atoms with Gasteiger partial charge >= 0.3 is 12.0 Å². The number of aliphatic carboxylic acids is 1. The summed E-state index contributed by atoms with van der Waals surface area (Å²) in [6.45, 7) is 1.47. The van der Waals surface area contributed by atoms with Crippen LogP contribution in [0.25, 0.3) is 0 Å². The minimum absolute atomic E-state index is 0.00162. The van der Waals surface area contributed by atoms with Gasteiger partial charge < -0.3 is 15.3 Å². The van der Waals surface area contributed by atoms with E-state index in [0.29, 0.717) is 0 Å². The van der Waals surface area contributed by atoms with Gasteiger partial charge in [0.05, 0.1) is 11.6 Å². The number of carbonyl (C=O) groups is 2. The van der Waals surface area contributed by atoms with Crippen LogP contribution < -0.4 is 5.32 Å². The van der Waals surface area contributed by atoms with Gasteiger partial charge in [0.2, 0.25) is 0 Å². The van der Waals surface area contributed by atoms with Gasteiger partial charge in [0.25, 0.3) is 0 Å². The number of hydrogen-bond donors (Lipinski definition) is 2. The molecule has 2 N–H and O–H groups in total. The highest BCUT2D eigenvalue weighted by Gasteiger charge is 2.18. The normalized spacial score (nSPS) is 11.3. The van der Waals surface area contributed by atoms with Crippen molar-refractivity contribution in [1.82, 2.24) is 4.90 Å². The molecule has 0 saturated carbocycles. The molecule has 0 saturated heterocycles. The van der Waals surface area contributed by atoms with E-state index in [2.05, 4.69) is 5.32 Å². The third-order valence-corrected chi connectivity index (χ3v) is 2.68. The molecule has 0 heterocycles. The Morgan fingerprint density at radius 2 is 2.20 bits per heavy atom. The Bertz CT molecular complexity index is 568. The predicted octanol–water partition coefficient (Wildman–Crippen LogP) is 1.88. The first-order valence-electron chi connectivity index (χ1n) is 5.80. The van der Waals surface area contributed by atoms with Gasteiger partial charge in [-0.3, -0.25) is 4.79 Å². The fraction of sp³-hybridized carbons (Fsp3) is 0.308. The van der Waals surface area contributed by atoms with Gasteiger partial charge in [-0.05, 0) is 12.1 Å². The van der Waals surface area contributed by atoms with Crippen molar-refractivity contribution in [2.45, 2.75) is 6.92 Å². The standard InChI is InChI=1S/C13H14FN3O3/c1-8(12(18)19)7-17(2)13(20)16-11-5-3-4-10(14)9(11)6-15/h3-5,8H,7H2,1-2H3,(H,16,20)(H,18,19). The molecule has 0 aliphatic carbocycles. The maximum Gasteiger partial charge on any atom is 0.321 e. The molecular weight excluding hydrogens is 265 g/mol. The number of hydrogen-bond acceptors (Lipinski definition) is 3. The molecule has 106 valence electrons. The summed E-state index contributed by atoms with van der Waals surface area (Å²) < 4.78 is 13.4. The number of carbonyl (C=O) groups excluding carboxylic acids is 1. The Morgan fingerprint density at radius 3 is 2.75 bits per heavy atom. The van der Waals surface area contributed by atoms with Crippen molar-refractivity contribution in [3.8, 4) is 6.07 Å². The molecule has 6 nitrogen and oxygen atoms in total. The summed E-state index contributed by atoms with van der Waals surface area (Å²) in [7, 11) is 1.42. The van der Waals surface area contributed by atoms with Gasteiger partial charge in [0.15, 0.2) is 0 Å². The van der Waals surface area contributed by atoms with Crippen molar-refractivity contribution in [2.75, 3.05) is 18.9 Å².